The molecule has 3 aromatic carbocycles. The number of para-hydroxylation sites is 2. The van der Waals surface area contributed by atoms with Gasteiger partial charge in [-0.05, 0) is 60.0 Å². The Hall–Kier alpha value is -4.71. The summed E-state index contributed by atoms with van der Waals surface area (Å²) in [7, 11) is 0. The highest BCUT2D eigenvalue weighted by atomic mass is 19.4. The Labute approximate surface area is 245 Å². The minimum atomic E-state index is -5.08. The molecule has 0 aromatic heterocycles. The Morgan fingerprint density at radius 1 is 0.977 bits per heavy atom. The summed E-state index contributed by atoms with van der Waals surface area (Å²) in [6, 6.07) is 21.4. The van der Waals surface area contributed by atoms with Crippen LogP contribution in [-0.4, -0.2) is 59.6 Å². The molecule has 2 fully saturated rings. The highest BCUT2D eigenvalue weighted by molar-refractivity contribution is 6.05. The smallest absolute Gasteiger partial charge is 0.475 e. The van der Waals surface area contributed by atoms with Gasteiger partial charge >= 0.3 is 12.1 Å². The third-order valence-electron chi connectivity index (χ3n) is 7.07. The summed E-state index contributed by atoms with van der Waals surface area (Å²) in [6.45, 7) is 2.37. The van der Waals surface area contributed by atoms with Crippen LogP contribution >= 0.6 is 0 Å². The van der Waals surface area contributed by atoms with Crippen LogP contribution in [0.4, 0.5) is 28.9 Å². The third-order valence-corrected chi connectivity index (χ3v) is 7.07. The number of amides is 2. The number of carboxylic acids is 1. The number of nitrogens with two attached hydrogens (primary N) is 1. The van der Waals surface area contributed by atoms with Gasteiger partial charge in [0.2, 0.25) is 5.91 Å². The number of halogens is 4. The van der Waals surface area contributed by atoms with E-state index in [1.165, 1.54) is 17.7 Å². The normalized spacial score (nSPS) is 17.9. The zero-order valence-electron chi connectivity index (χ0n) is 22.9. The number of rotatable bonds is 8. The summed E-state index contributed by atoms with van der Waals surface area (Å²) in [4.78, 5) is 35.7. The molecule has 1 aliphatic heterocycles. The van der Waals surface area contributed by atoms with E-state index in [0.29, 0.717) is 34.8 Å². The molecule has 2 atom stereocenters. The lowest BCUT2D eigenvalue weighted by atomic mass is 9.99. The van der Waals surface area contributed by atoms with Crippen LogP contribution in [0, 0.1) is 11.7 Å². The van der Waals surface area contributed by atoms with E-state index < -0.39 is 12.1 Å². The minimum Gasteiger partial charge on any atom is -0.475 e. The van der Waals surface area contributed by atoms with Crippen LogP contribution in [0.2, 0.25) is 0 Å². The number of nitrogen functional groups attached to an aromatic ring is 1. The van der Waals surface area contributed by atoms with Gasteiger partial charge in [-0.15, -0.1) is 0 Å². The first-order valence-electron chi connectivity index (χ1n) is 13.4. The van der Waals surface area contributed by atoms with Crippen molar-refractivity contribution in [2.75, 3.05) is 30.7 Å². The van der Waals surface area contributed by atoms with Crippen molar-refractivity contribution in [2.45, 2.75) is 24.6 Å². The predicted octanol–water partition coefficient (Wildman–Crippen LogP) is 4.91. The molecule has 1 heterocycles. The first kappa shape index (κ1) is 31.2. The van der Waals surface area contributed by atoms with Gasteiger partial charge in [0.15, 0.2) is 0 Å². The molecule has 3 aromatic rings. The number of hydrogen-bond donors (Lipinski definition) is 4. The van der Waals surface area contributed by atoms with Crippen molar-refractivity contribution in [1.29, 1.82) is 0 Å². The Balaban J connectivity index is 0.000000541. The quantitative estimate of drug-likeness (QED) is 0.166. The van der Waals surface area contributed by atoms with E-state index in [4.69, 9.17) is 15.6 Å². The number of anilines is 2. The fourth-order valence-corrected chi connectivity index (χ4v) is 4.52. The van der Waals surface area contributed by atoms with E-state index in [1.807, 2.05) is 41.3 Å². The van der Waals surface area contributed by atoms with E-state index in [0.717, 1.165) is 31.6 Å². The second-order valence-corrected chi connectivity index (χ2v) is 10.3. The molecule has 5 N–H and O–H groups in total. The van der Waals surface area contributed by atoms with Crippen molar-refractivity contribution < 1.29 is 37.1 Å². The number of benzene rings is 3. The monoisotopic (exact) mass is 598 g/mol. The Morgan fingerprint density at radius 3 is 2.21 bits per heavy atom. The summed E-state index contributed by atoms with van der Waals surface area (Å²) in [6.07, 6.45) is -0.665. The number of nitrogens with one attached hydrogen (secondary N) is 2. The molecule has 1 saturated carbocycles. The zero-order chi connectivity index (χ0) is 31.1. The Bertz CT molecular complexity index is 1470. The van der Waals surface area contributed by atoms with E-state index in [-0.39, 0.29) is 17.6 Å². The van der Waals surface area contributed by atoms with E-state index in [1.54, 1.807) is 36.4 Å². The highest BCUT2D eigenvalue weighted by Gasteiger charge is 2.39. The molecule has 2 unspecified atom stereocenters. The maximum absolute atomic E-state index is 13.1. The molecule has 8 nitrogen and oxygen atoms in total. The lowest BCUT2D eigenvalue weighted by molar-refractivity contribution is -0.192. The summed E-state index contributed by atoms with van der Waals surface area (Å²) in [5.41, 5.74) is 9.50. The number of carbonyl (C=O) groups excluding carboxylic acids is 2. The second-order valence-electron chi connectivity index (χ2n) is 10.3. The van der Waals surface area contributed by atoms with Gasteiger partial charge in [0.25, 0.3) is 5.91 Å². The average molecular weight is 599 g/mol. The van der Waals surface area contributed by atoms with Crippen molar-refractivity contribution in [3.05, 3.63) is 101 Å². The fourth-order valence-electron chi connectivity index (χ4n) is 4.52. The van der Waals surface area contributed by atoms with Gasteiger partial charge < -0.3 is 26.4 Å². The molecular weight excluding hydrogens is 568 g/mol. The number of nitrogens with zero attached hydrogens (tertiary/aromatic N) is 1. The first-order chi connectivity index (χ1) is 20.4. The second kappa shape index (κ2) is 13.5. The summed E-state index contributed by atoms with van der Waals surface area (Å²) < 4.78 is 44.8. The van der Waals surface area contributed by atoms with Crippen molar-refractivity contribution in [1.82, 2.24) is 10.2 Å². The molecule has 0 radical (unpaired) electrons. The van der Waals surface area contributed by atoms with E-state index in [2.05, 4.69) is 10.6 Å². The largest absolute Gasteiger partial charge is 0.490 e. The van der Waals surface area contributed by atoms with Crippen LogP contribution < -0.4 is 16.4 Å². The number of aliphatic carboxylic acids is 1. The SMILES string of the molecule is Nc1ccccc1NC(=O)c1ccc(/C=C/C(=O)N2CC(CNC3CC3c3ccc(F)cc3)C2)cc1.O=C(O)C(F)(F)F. The Kier molecular flexibility index (Phi) is 9.81. The number of likely N-dealkylation sites (tertiary alicyclic amines) is 1. The molecule has 2 aliphatic rings. The molecule has 226 valence electrons. The van der Waals surface area contributed by atoms with E-state index in [9.17, 15) is 27.2 Å². The first-order valence-corrected chi connectivity index (χ1v) is 13.4. The number of carboxylic acid groups (broad SMARTS) is 1. The maximum Gasteiger partial charge on any atom is 0.490 e. The Morgan fingerprint density at radius 2 is 1.60 bits per heavy atom. The highest BCUT2D eigenvalue weighted by Crippen LogP contribution is 2.41. The summed E-state index contributed by atoms with van der Waals surface area (Å²) in [5, 5.41) is 13.5. The van der Waals surface area contributed by atoms with Crippen LogP contribution in [0.3, 0.4) is 0 Å². The van der Waals surface area contributed by atoms with Crippen molar-refractivity contribution in [3.8, 4) is 0 Å². The van der Waals surface area contributed by atoms with Gasteiger partial charge in [-0.1, -0.05) is 36.4 Å². The maximum atomic E-state index is 13.1. The average Bonchev–Trinajstić information content (AvgIpc) is 3.72. The van der Waals surface area contributed by atoms with Crippen molar-refractivity contribution >= 4 is 35.2 Å². The number of hydrogen-bond acceptors (Lipinski definition) is 5. The molecule has 2 amide bonds. The molecular formula is C31H30F4N4O4. The van der Waals surface area contributed by atoms with Crippen LogP contribution in [-0.2, 0) is 9.59 Å². The molecule has 12 heteroatoms. The summed E-state index contributed by atoms with van der Waals surface area (Å²) >= 11 is 0. The van der Waals surface area contributed by atoms with Crippen molar-refractivity contribution in [2.24, 2.45) is 5.92 Å². The topological polar surface area (TPSA) is 125 Å². The lowest BCUT2D eigenvalue weighted by Crippen LogP contribution is -2.53. The van der Waals surface area contributed by atoms with Crippen LogP contribution in [0.15, 0.2) is 78.9 Å². The third kappa shape index (κ3) is 8.89. The molecule has 0 bridgehead atoms. The number of alkyl halides is 3. The molecule has 5 rings (SSSR count). The minimum absolute atomic E-state index is 0.0109. The lowest BCUT2D eigenvalue weighted by Gasteiger charge is -2.39. The number of carbonyl (C=O) groups is 3. The van der Waals surface area contributed by atoms with Crippen LogP contribution in [0.1, 0.15) is 33.8 Å². The van der Waals surface area contributed by atoms with Gasteiger partial charge in [0.1, 0.15) is 5.82 Å². The van der Waals surface area contributed by atoms with Gasteiger partial charge in [-0.2, -0.15) is 13.2 Å². The molecule has 1 saturated heterocycles. The van der Waals surface area contributed by atoms with Crippen LogP contribution in [0.25, 0.3) is 6.08 Å². The van der Waals surface area contributed by atoms with Gasteiger partial charge in [0, 0.05) is 49.2 Å². The molecule has 1 aliphatic carbocycles. The van der Waals surface area contributed by atoms with Gasteiger partial charge in [-0.25, -0.2) is 9.18 Å². The zero-order valence-corrected chi connectivity index (χ0v) is 22.9. The van der Waals surface area contributed by atoms with Gasteiger partial charge in [0.05, 0.1) is 11.4 Å². The van der Waals surface area contributed by atoms with E-state index >= 15 is 0 Å². The summed E-state index contributed by atoms with van der Waals surface area (Å²) in [5.74, 6) is -2.30. The van der Waals surface area contributed by atoms with Crippen molar-refractivity contribution in [3.63, 3.8) is 0 Å². The van der Waals surface area contributed by atoms with Crippen LogP contribution in [0.5, 0.6) is 0 Å². The standard InChI is InChI=1S/C29H29FN4O2.C2HF3O2/c30-23-12-10-21(11-13-23)24-15-27(24)32-16-20-17-34(18-20)28(35)14-7-19-5-8-22(9-6-19)29(36)33-26-4-2-1-3-25(26)31;3-2(4,5)1(6)7/h1-14,20,24,27,32H,15-18,31H2,(H,33,36);(H,6,7)/b14-7+;. The molecule has 43 heavy (non-hydrogen) atoms. The predicted molar refractivity (Wildman–Crippen MR) is 154 cm³/mol. The van der Waals surface area contributed by atoms with Gasteiger partial charge in [-0.3, -0.25) is 9.59 Å². The fraction of sp³-hybridized carbons (Fsp3) is 0.258. The molecule has 0 spiro atoms.